The Morgan fingerprint density at radius 3 is 2.82 bits per heavy atom. The number of carbonyl (C=O) groups is 1. The van der Waals surface area contributed by atoms with E-state index in [0.29, 0.717) is 6.61 Å². The lowest BCUT2D eigenvalue weighted by atomic mass is 10.3. The number of hydrogen-bond acceptors (Lipinski definition) is 2. The van der Waals surface area contributed by atoms with Crippen LogP contribution in [-0.4, -0.2) is 23.8 Å². The normalized spacial score (nSPS) is 19.7. The maximum absolute atomic E-state index is 10.3. The Bertz CT molecular complexity index is 140. The molecule has 0 bridgehead atoms. The minimum Gasteiger partial charge on any atom is -0.479 e. The number of ether oxygens (including phenoxy) is 1. The minimum atomic E-state index is -0.874. The summed E-state index contributed by atoms with van der Waals surface area (Å²) in [6.07, 6.45) is 2.97. The van der Waals surface area contributed by atoms with E-state index in [0.717, 1.165) is 12.3 Å². The summed E-state index contributed by atoms with van der Waals surface area (Å²) in [4.78, 5) is 10.3. The molecular weight excluding hydrogens is 144 g/mol. The molecule has 1 aliphatic carbocycles. The van der Waals surface area contributed by atoms with Crippen LogP contribution in [0.5, 0.6) is 0 Å². The Kier molecular flexibility index (Phi) is 2.88. The van der Waals surface area contributed by atoms with Crippen LogP contribution in [0.1, 0.15) is 26.2 Å². The number of carboxylic acid groups (broad SMARTS) is 1. The van der Waals surface area contributed by atoms with E-state index in [1.165, 1.54) is 12.8 Å². The van der Waals surface area contributed by atoms with Crippen LogP contribution >= 0.6 is 0 Å². The van der Waals surface area contributed by atoms with E-state index in [4.69, 9.17) is 9.84 Å². The monoisotopic (exact) mass is 158 g/mol. The fourth-order valence-corrected chi connectivity index (χ4v) is 0.889. The number of aliphatic carboxylic acids is 1. The molecule has 0 spiro atoms. The molecule has 3 heteroatoms. The maximum Gasteiger partial charge on any atom is 0.332 e. The highest BCUT2D eigenvalue weighted by Crippen LogP contribution is 2.32. The predicted molar refractivity (Wildman–Crippen MR) is 40.4 cm³/mol. The molecule has 0 aromatic heterocycles. The average molecular weight is 158 g/mol. The van der Waals surface area contributed by atoms with E-state index < -0.39 is 12.1 Å². The minimum absolute atomic E-state index is 0.595. The molecule has 0 aromatic carbocycles. The molecule has 1 saturated carbocycles. The maximum atomic E-state index is 10.3. The van der Waals surface area contributed by atoms with Crippen LogP contribution < -0.4 is 0 Å². The first-order valence-electron chi connectivity index (χ1n) is 4.04. The molecule has 1 atom stereocenters. The van der Waals surface area contributed by atoms with Crippen molar-refractivity contribution in [1.29, 1.82) is 0 Å². The lowest BCUT2D eigenvalue weighted by Crippen LogP contribution is -2.20. The van der Waals surface area contributed by atoms with Crippen molar-refractivity contribution in [1.82, 2.24) is 0 Å². The molecule has 3 nitrogen and oxygen atoms in total. The van der Waals surface area contributed by atoms with Gasteiger partial charge in [-0.2, -0.15) is 0 Å². The lowest BCUT2D eigenvalue weighted by Gasteiger charge is -2.06. The third kappa shape index (κ3) is 3.37. The number of hydrogen-bond donors (Lipinski definition) is 1. The molecule has 0 radical (unpaired) electrons. The molecule has 1 unspecified atom stereocenters. The molecule has 0 amide bonds. The van der Waals surface area contributed by atoms with Gasteiger partial charge >= 0.3 is 5.97 Å². The summed E-state index contributed by atoms with van der Waals surface area (Å²) in [5, 5.41) is 8.44. The van der Waals surface area contributed by atoms with Crippen molar-refractivity contribution >= 4 is 5.97 Å². The molecular formula is C8H14O3. The molecule has 0 aliphatic heterocycles. The summed E-state index contributed by atoms with van der Waals surface area (Å²) in [6, 6.07) is 0. The zero-order valence-electron chi connectivity index (χ0n) is 6.75. The van der Waals surface area contributed by atoms with Gasteiger partial charge in [-0.15, -0.1) is 0 Å². The standard InChI is InChI=1S/C8H14O3/c1-6(8(9)10)11-5-4-7-2-3-7/h6-7H,2-5H2,1H3,(H,9,10). The van der Waals surface area contributed by atoms with Gasteiger partial charge in [0.1, 0.15) is 0 Å². The molecule has 1 N–H and O–H groups in total. The SMILES string of the molecule is CC(OCCC1CC1)C(=O)O. The van der Waals surface area contributed by atoms with Crippen LogP contribution in [-0.2, 0) is 9.53 Å². The van der Waals surface area contributed by atoms with Crippen LogP contribution in [0.3, 0.4) is 0 Å². The van der Waals surface area contributed by atoms with Gasteiger partial charge in [0, 0.05) is 6.61 Å². The van der Waals surface area contributed by atoms with Gasteiger partial charge in [0.25, 0.3) is 0 Å². The summed E-state index contributed by atoms with van der Waals surface area (Å²) in [5.41, 5.74) is 0. The summed E-state index contributed by atoms with van der Waals surface area (Å²) < 4.78 is 5.05. The average Bonchev–Trinajstić information content (AvgIpc) is 2.71. The van der Waals surface area contributed by atoms with Crippen LogP contribution in [0, 0.1) is 5.92 Å². The first kappa shape index (κ1) is 8.53. The molecule has 11 heavy (non-hydrogen) atoms. The Labute approximate surface area is 66.4 Å². The van der Waals surface area contributed by atoms with Crippen molar-refractivity contribution in [2.75, 3.05) is 6.61 Å². The number of rotatable bonds is 5. The second kappa shape index (κ2) is 3.72. The molecule has 0 heterocycles. The summed E-state index contributed by atoms with van der Waals surface area (Å²) in [6.45, 7) is 2.16. The van der Waals surface area contributed by atoms with E-state index in [9.17, 15) is 4.79 Å². The first-order chi connectivity index (χ1) is 5.20. The van der Waals surface area contributed by atoms with Crippen LogP contribution in [0.15, 0.2) is 0 Å². The highest BCUT2D eigenvalue weighted by Gasteiger charge is 2.21. The smallest absolute Gasteiger partial charge is 0.332 e. The largest absolute Gasteiger partial charge is 0.479 e. The lowest BCUT2D eigenvalue weighted by molar-refractivity contribution is -0.149. The molecule has 1 aliphatic rings. The Morgan fingerprint density at radius 2 is 2.36 bits per heavy atom. The van der Waals surface area contributed by atoms with E-state index in [1.54, 1.807) is 6.92 Å². The van der Waals surface area contributed by atoms with Crippen LogP contribution in [0.4, 0.5) is 0 Å². The van der Waals surface area contributed by atoms with Crippen molar-refractivity contribution in [2.24, 2.45) is 5.92 Å². The quantitative estimate of drug-likeness (QED) is 0.655. The fraction of sp³-hybridized carbons (Fsp3) is 0.875. The van der Waals surface area contributed by atoms with Crippen molar-refractivity contribution in [2.45, 2.75) is 32.3 Å². The van der Waals surface area contributed by atoms with Crippen molar-refractivity contribution in [3.05, 3.63) is 0 Å². The van der Waals surface area contributed by atoms with Gasteiger partial charge in [0.2, 0.25) is 0 Å². The van der Waals surface area contributed by atoms with Crippen LogP contribution in [0.25, 0.3) is 0 Å². The summed E-state index contributed by atoms with van der Waals surface area (Å²) in [7, 11) is 0. The van der Waals surface area contributed by atoms with Crippen molar-refractivity contribution < 1.29 is 14.6 Å². The highest BCUT2D eigenvalue weighted by atomic mass is 16.5. The van der Waals surface area contributed by atoms with Gasteiger partial charge in [0.15, 0.2) is 6.10 Å². The molecule has 1 rings (SSSR count). The zero-order valence-corrected chi connectivity index (χ0v) is 6.75. The molecule has 0 aromatic rings. The second-order valence-electron chi connectivity index (χ2n) is 3.08. The van der Waals surface area contributed by atoms with E-state index in [2.05, 4.69) is 0 Å². The zero-order chi connectivity index (χ0) is 8.27. The van der Waals surface area contributed by atoms with Crippen molar-refractivity contribution in [3.63, 3.8) is 0 Å². The Hall–Kier alpha value is -0.570. The first-order valence-corrected chi connectivity index (χ1v) is 4.04. The molecule has 1 fully saturated rings. The summed E-state index contributed by atoms with van der Waals surface area (Å²) in [5.74, 6) is -0.0585. The molecule has 0 saturated heterocycles. The van der Waals surface area contributed by atoms with Gasteiger partial charge in [-0.05, 0) is 19.3 Å². The third-order valence-corrected chi connectivity index (χ3v) is 1.94. The fourth-order valence-electron chi connectivity index (χ4n) is 0.889. The van der Waals surface area contributed by atoms with Gasteiger partial charge in [0.05, 0.1) is 0 Å². The van der Waals surface area contributed by atoms with Gasteiger partial charge in [-0.3, -0.25) is 0 Å². The Morgan fingerprint density at radius 1 is 1.73 bits per heavy atom. The van der Waals surface area contributed by atoms with Crippen molar-refractivity contribution in [3.8, 4) is 0 Å². The Balaban J connectivity index is 1.96. The topological polar surface area (TPSA) is 46.5 Å². The third-order valence-electron chi connectivity index (χ3n) is 1.94. The van der Waals surface area contributed by atoms with Crippen LogP contribution in [0.2, 0.25) is 0 Å². The van der Waals surface area contributed by atoms with E-state index in [-0.39, 0.29) is 0 Å². The summed E-state index contributed by atoms with van der Waals surface area (Å²) >= 11 is 0. The van der Waals surface area contributed by atoms with E-state index in [1.807, 2.05) is 0 Å². The van der Waals surface area contributed by atoms with Gasteiger partial charge in [-0.25, -0.2) is 4.79 Å². The molecule has 64 valence electrons. The van der Waals surface area contributed by atoms with E-state index >= 15 is 0 Å². The highest BCUT2D eigenvalue weighted by molar-refractivity contribution is 5.71. The number of carboxylic acids is 1. The predicted octanol–water partition coefficient (Wildman–Crippen LogP) is 1.28. The van der Waals surface area contributed by atoms with Gasteiger partial charge < -0.3 is 9.84 Å². The second-order valence-corrected chi connectivity index (χ2v) is 3.08. The van der Waals surface area contributed by atoms with Gasteiger partial charge in [-0.1, -0.05) is 12.8 Å².